The lowest BCUT2D eigenvalue weighted by Crippen LogP contribution is -2.27. The van der Waals surface area contributed by atoms with E-state index in [1.807, 2.05) is 13.3 Å². The highest BCUT2D eigenvalue weighted by molar-refractivity contribution is 7.98. The van der Waals surface area contributed by atoms with Crippen LogP contribution in [0.5, 0.6) is 0 Å². The summed E-state index contributed by atoms with van der Waals surface area (Å²) in [4.78, 5) is 0. The van der Waals surface area contributed by atoms with Crippen LogP contribution in [0.1, 0.15) is 6.42 Å². The van der Waals surface area contributed by atoms with Crippen molar-refractivity contribution in [3.05, 3.63) is 12.3 Å². The van der Waals surface area contributed by atoms with Gasteiger partial charge in [-0.05, 0) is 25.5 Å². The van der Waals surface area contributed by atoms with Gasteiger partial charge < -0.3 is 10.4 Å². The molecule has 0 fully saturated rings. The van der Waals surface area contributed by atoms with Crippen LogP contribution >= 0.6 is 11.8 Å². The summed E-state index contributed by atoms with van der Waals surface area (Å²) < 4.78 is 0. The minimum atomic E-state index is 0.0625. The highest BCUT2D eigenvalue weighted by atomic mass is 32.2. The van der Waals surface area contributed by atoms with Crippen LogP contribution in [-0.4, -0.2) is 30.2 Å². The first-order valence-corrected chi connectivity index (χ1v) is 4.65. The van der Waals surface area contributed by atoms with Crippen molar-refractivity contribution in [3.63, 3.8) is 0 Å². The van der Waals surface area contributed by atoms with Crippen LogP contribution in [-0.2, 0) is 0 Å². The molecule has 0 aromatic heterocycles. The Kier molecular flexibility index (Phi) is 5.54. The molecule has 0 heterocycles. The standard InChI is InChI=1S/C7H15NOS/c1-6(9)7(8-2)4-5-10-3/h7-9H,1,4-5H2,2-3H3/t7-/m0/s1. The average Bonchev–Trinajstić information content (AvgIpc) is 1.89. The number of hydrogen-bond donors (Lipinski definition) is 2. The van der Waals surface area contributed by atoms with E-state index in [9.17, 15) is 0 Å². The second-order valence-corrected chi connectivity index (χ2v) is 3.10. The van der Waals surface area contributed by atoms with Crippen LogP contribution in [0.15, 0.2) is 12.3 Å². The van der Waals surface area contributed by atoms with Gasteiger partial charge in [0.15, 0.2) is 0 Å². The molecular formula is C7H15NOS. The molecule has 3 heteroatoms. The van der Waals surface area contributed by atoms with E-state index in [2.05, 4.69) is 11.9 Å². The first-order chi connectivity index (χ1) is 4.72. The summed E-state index contributed by atoms with van der Waals surface area (Å²) in [6.45, 7) is 3.46. The highest BCUT2D eigenvalue weighted by Crippen LogP contribution is 2.04. The summed E-state index contributed by atoms with van der Waals surface area (Å²) in [6.07, 6.45) is 2.99. The molecule has 0 spiro atoms. The molecule has 0 aliphatic heterocycles. The molecule has 10 heavy (non-hydrogen) atoms. The predicted molar refractivity (Wildman–Crippen MR) is 47.6 cm³/mol. The Bertz CT molecular complexity index is 106. The van der Waals surface area contributed by atoms with Gasteiger partial charge in [0.1, 0.15) is 5.76 Å². The number of rotatable bonds is 5. The maximum absolute atomic E-state index is 8.97. The summed E-state index contributed by atoms with van der Waals surface area (Å²) >= 11 is 1.77. The second kappa shape index (κ2) is 5.62. The lowest BCUT2D eigenvalue weighted by Gasteiger charge is -2.12. The minimum Gasteiger partial charge on any atom is -0.511 e. The number of nitrogens with one attached hydrogen (secondary N) is 1. The van der Waals surface area contributed by atoms with Gasteiger partial charge in [-0.25, -0.2) is 0 Å². The van der Waals surface area contributed by atoms with Crippen molar-refractivity contribution >= 4 is 11.8 Å². The van der Waals surface area contributed by atoms with Crippen molar-refractivity contribution in [3.8, 4) is 0 Å². The number of likely N-dealkylation sites (N-methyl/N-ethyl adjacent to an activating group) is 1. The zero-order valence-corrected chi connectivity index (χ0v) is 7.37. The third-order valence-corrected chi connectivity index (χ3v) is 2.01. The molecule has 0 aliphatic rings. The van der Waals surface area contributed by atoms with Gasteiger partial charge in [0.05, 0.1) is 6.04 Å². The van der Waals surface area contributed by atoms with E-state index in [1.165, 1.54) is 0 Å². The van der Waals surface area contributed by atoms with Crippen LogP contribution < -0.4 is 5.32 Å². The van der Waals surface area contributed by atoms with Gasteiger partial charge in [0.2, 0.25) is 0 Å². The topological polar surface area (TPSA) is 32.3 Å². The fourth-order valence-electron chi connectivity index (χ4n) is 0.713. The molecule has 0 aliphatic carbocycles. The van der Waals surface area contributed by atoms with E-state index in [1.54, 1.807) is 11.8 Å². The quantitative estimate of drug-likeness (QED) is 0.598. The lowest BCUT2D eigenvalue weighted by atomic mass is 10.2. The van der Waals surface area contributed by atoms with Crippen LogP contribution in [0.4, 0.5) is 0 Å². The first-order valence-electron chi connectivity index (χ1n) is 3.26. The molecule has 0 radical (unpaired) electrons. The second-order valence-electron chi connectivity index (χ2n) is 2.11. The SMILES string of the molecule is C=C(O)[C@H](CCSC)NC. The van der Waals surface area contributed by atoms with Crippen LogP contribution in [0.25, 0.3) is 0 Å². The lowest BCUT2D eigenvalue weighted by molar-refractivity contribution is 0.347. The third kappa shape index (κ3) is 3.80. The molecular weight excluding hydrogens is 146 g/mol. The molecule has 0 saturated heterocycles. The Labute approximate surface area is 66.7 Å². The Balaban J connectivity index is 3.50. The Hall–Kier alpha value is -0.150. The average molecular weight is 161 g/mol. The smallest absolute Gasteiger partial charge is 0.102 e. The van der Waals surface area contributed by atoms with Crippen molar-refractivity contribution in [2.24, 2.45) is 0 Å². The van der Waals surface area contributed by atoms with Crippen LogP contribution in [0, 0.1) is 0 Å². The summed E-state index contributed by atoms with van der Waals surface area (Å²) in [6, 6.07) is 0.0625. The Morgan fingerprint density at radius 3 is 2.70 bits per heavy atom. The van der Waals surface area contributed by atoms with Gasteiger partial charge in [-0.2, -0.15) is 11.8 Å². The van der Waals surface area contributed by atoms with E-state index in [4.69, 9.17) is 5.11 Å². The minimum absolute atomic E-state index is 0.0625. The van der Waals surface area contributed by atoms with Gasteiger partial charge in [-0.1, -0.05) is 6.58 Å². The molecule has 1 atom stereocenters. The number of aliphatic hydroxyl groups excluding tert-OH is 1. The summed E-state index contributed by atoms with van der Waals surface area (Å²) in [5.74, 6) is 1.28. The van der Waals surface area contributed by atoms with Gasteiger partial charge >= 0.3 is 0 Å². The normalized spacial score (nSPS) is 13.0. The van der Waals surface area contributed by atoms with Crippen molar-refractivity contribution in [1.82, 2.24) is 5.32 Å². The van der Waals surface area contributed by atoms with Crippen LogP contribution in [0.3, 0.4) is 0 Å². The van der Waals surface area contributed by atoms with Gasteiger partial charge in [-0.15, -0.1) is 0 Å². The Morgan fingerprint density at radius 1 is 1.80 bits per heavy atom. The van der Waals surface area contributed by atoms with E-state index in [0.717, 1.165) is 12.2 Å². The van der Waals surface area contributed by atoms with E-state index < -0.39 is 0 Å². The maximum atomic E-state index is 8.97. The molecule has 0 aromatic rings. The van der Waals surface area contributed by atoms with Crippen molar-refractivity contribution < 1.29 is 5.11 Å². The number of aliphatic hydroxyl groups is 1. The summed E-state index contributed by atoms with van der Waals surface area (Å²) in [5, 5.41) is 11.9. The number of thioether (sulfide) groups is 1. The monoisotopic (exact) mass is 161 g/mol. The van der Waals surface area contributed by atoms with Gasteiger partial charge in [-0.3, -0.25) is 0 Å². The molecule has 60 valence electrons. The van der Waals surface area contributed by atoms with Crippen LogP contribution in [0.2, 0.25) is 0 Å². The molecule has 0 bridgehead atoms. The van der Waals surface area contributed by atoms with Gasteiger partial charge in [0, 0.05) is 0 Å². The number of hydrogen-bond acceptors (Lipinski definition) is 3. The molecule has 2 nitrogen and oxygen atoms in total. The van der Waals surface area contributed by atoms with E-state index >= 15 is 0 Å². The fraction of sp³-hybridized carbons (Fsp3) is 0.714. The predicted octanol–water partition coefficient (Wildman–Crippen LogP) is 1.40. The Morgan fingerprint density at radius 2 is 2.40 bits per heavy atom. The molecule has 0 rings (SSSR count). The fourth-order valence-corrected chi connectivity index (χ4v) is 1.18. The maximum Gasteiger partial charge on any atom is 0.102 e. The zero-order valence-electron chi connectivity index (χ0n) is 6.55. The molecule has 0 saturated carbocycles. The van der Waals surface area contributed by atoms with Crippen molar-refractivity contribution in [2.45, 2.75) is 12.5 Å². The van der Waals surface area contributed by atoms with Gasteiger partial charge in [0.25, 0.3) is 0 Å². The molecule has 0 unspecified atom stereocenters. The summed E-state index contributed by atoms with van der Waals surface area (Å²) in [7, 11) is 1.83. The summed E-state index contributed by atoms with van der Waals surface area (Å²) in [5.41, 5.74) is 0. The third-order valence-electron chi connectivity index (χ3n) is 1.36. The molecule has 0 aromatic carbocycles. The molecule has 0 amide bonds. The van der Waals surface area contributed by atoms with E-state index in [0.29, 0.717) is 0 Å². The van der Waals surface area contributed by atoms with Crippen molar-refractivity contribution in [1.29, 1.82) is 0 Å². The van der Waals surface area contributed by atoms with Crippen molar-refractivity contribution in [2.75, 3.05) is 19.1 Å². The zero-order chi connectivity index (χ0) is 7.98. The highest BCUT2D eigenvalue weighted by Gasteiger charge is 2.06. The largest absolute Gasteiger partial charge is 0.511 e. The first kappa shape index (κ1) is 9.85. The van der Waals surface area contributed by atoms with E-state index in [-0.39, 0.29) is 11.8 Å². The molecule has 2 N–H and O–H groups in total.